The SMILES string of the molecule is COc1ccc(CSCCNc2ccc(-c3nc4ccc(F)cc4s3)cc2N)cc1. The molecule has 0 unspecified atom stereocenters. The number of aromatic nitrogens is 1. The summed E-state index contributed by atoms with van der Waals surface area (Å²) < 4.78 is 19.4. The summed E-state index contributed by atoms with van der Waals surface area (Å²) in [5.74, 6) is 2.55. The number of nitrogen functional groups attached to an aromatic ring is 1. The number of hydrogen-bond donors (Lipinski definition) is 2. The van der Waals surface area contributed by atoms with Crippen LogP contribution in [0.1, 0.15) is 5.56 Å². The van der Waals surface area contributed by atoms with Gasteiger partial charge < -0.3 is 15.8 Å². The third-order valence-electron chi connectivity index (χ3n) is 4.64. The van der Waals surface area contributed by atoms with Gasteiger partial charge in [0.05, 0.1) is 28.7 Å². The quantitative estimate of drug-likeness (QED) is 0.259. The van der Waals surface area contributed by atoms with Gasteiger partial charge in [0, 0.05) is 23.6 Å². The van der Waals surface area contributed by atoms with Gasteiger partial charge in [0.25, 0.3) is 0 Å². The summed E-state index contributed by atoms with van der Waals surface area (Å²) in [6.07, 6.45) is 0. The maximum Gasteiger partial charge on any atom is 0.124 e. The minimum absolute atomic E-state index is 0.248. The number of thioether (sulfide) groups is 1. The number of halogens is 1. The molecule has 0 saturated carbocycles. The molecule has 0 spiro atoms. The topological polar surface area (TPSA) is 60.2 Å². The summed E-state index contributed by atoms with van der Waals surface area (Å²) in [4.78, 5) is 4.59. The molecule has 4 nitrogen and oxygen atoms in total. The van der Waals surface area contributed by atoms with Crippen LogP contribution in [0.15, 0.2) is 60.7 Å². The Balaban J connectivity index is 1.31. The predicted molar refractivity (Wildman–Crippen MR) is 127 cm³/mol. The second kappa shape index (κ2) is 9.36. The molecule has 1 heterocycles. The van der Waals surface area contributed by atoms with E-state index in [0.29, 0.717) is 5.69 Å². The van der Waals surface area contributed by atoms with Crippen LogP contribution in [0.5, 0.6) is 5.75 Å². The number of ether oxygens (including phenoxy) is 1. The van der Waals surface area contributed by atoms with Crippen LogP contribution in [-0.2, 0) is 5.75 Å². The van der Waals surface area contributed by atoms with E-state index in [2.05, 4.69) is 22.4 Å². The van der Waals surface area contributed by atoms with Crippen molar-refractivity contribution in [2.45, 2.75) is 5.75 Å². The second-order valence-corrected chi connectivity index (χ2v) is 8.90. The van der Waals surface area contributed by atoms with Gasteiger partial charge in [0.1, 0.15) is 16.6 Å². The van der Waals surface area contributed by atoms with Crippen LogP contribution in [0, 0.1) is 5.82 Å². The van der Waals surface area contributed by atoms with Gasteiger partial charge in [-0.1, -0.05) is 12.1 Å². The number of anilines is 2. The molecule has 0 fully saturated rings. The van der Waals surface area contributed by atoms with E-state index in [1.165, 1.54) is 29.0 Å². The van der Waals surface area contributed by atoms with Crippen LogP contribution < -0.4 is 15.8 Å². The maximum atomic E-state index is 13.4. The molecule has 3 N–H and O–H groups in total. The fourth-order valence-electron chi connectivity index (χ4n) is 3.05. The number of nitrogens with one attached hydrogen (secondary N) is 1. The molecule has 0 aliphatic rings. The molecule has 0 atom stereocenters. The first-order valence-corrected chi connectivity index (χ1v) is 11.5. The van der Waals surface area contributed by atoms with Crippen molar-refractivity contribution in [3.8, 4) is 16.3 Å². The summed E-state index contributed by atoms with van der Waals surface area (Å²) >= 11 is 3.33. The normalized spacial score (nSPS) is 11.0. The van der Waals surface area contributed by atoms with Crippen molar-refractivity contribution >= 4 is 44.7 Å². The Morgan fingerprint density at radius 1 is 1.10 bits per heavy atom. The molecule has 0 saturated heterocycles. The van der Waals surface area contributed by atoms with Crippen molar-refractivity contribution in [3.63, 3.8) is 0 Å². The highest BCUT2D eigenvalue weighted by Crippen LogP contribution is 2.33. The molecule has 0 radical (unpaired) electrons. The number of nitrogens with zero attached hydrogens (tertiary/aromatic N) is 1. The molecule has 0 aliphatic heterocycles. The van der Waals surface area contributed by atoms with Gasteiger partial charge in [-0.05, 0) is 54.1 Å². The number of rotatable bonds is 8. The van der Waals surface area contributed by atoms with E-state index in [1.54, 1.807) is 13.2 Å². The van der Waals surface area contributed by atoms with Gasteiger partial charge in [0.15, 0.2) is 0 Å². The van der Waals surface area contributed by atoms with Gasteiger partial charge in [0.2, 0.25) is 0 Å². The Morgan fingerprint density at radius 2 is 1.93 bits per heavy atom. The number of thiazole rings is 1. The fraction of sp³-hybridized carbons (Fsp3) is 0.174. The van der Waals surface area contributed by atoms with Gasteiger partial charge in [-0.25, -0.2) is 9.37 Å². The lowest BCUT2D eigenvalue weighted by Gasteiger charge is -2.10. The zero-order valence-corrected chi connectivity index (χ0v) is 18.2. The molecule has 0 amide bonds. The zero-order valence-electron chi connectivity index (χ0n) is 16.5. The highest BCUT2D eigenvalue weighted by atomic mass is 32.2. The highest BCUT2D eigenvalue weighted by molar-refractivity contribution is 7.98. The number of nitrogens with two attached hydrogens (primary N) is 1. The van der Waals surface area contributed by atoms with E-state index in [0.717, 1.165) is 50.3 Å². The standard InChI is InChI=1S/C23H22FN3OS2/c1-28-18-6-2-15(3-7-18)14-29-11-10-26-20-8-4-16(12-19(20)25)23-27-21-9-5-17(24)13-22(21)30-23/h2-9,12-13,26H,10-11,14,25H2,1H3. The first-order valence-electron chi connectivity index (χ1n) is 9.53. The minimum Gasteiger partial charge on any atom is -0.497 e. The average Bonchev–Trinajstić information content (AvgIpc) is 3.18. The van der Waals surface area contributed by atoms with E-state index < -0.39 is 0 Å². The minimum atomic E-state index is -0.248. The van der Waals surface area contributed by atoms with Crippen LogP contribution in [0.4, 0.5) is 15.8 Å². The Morgan fingerprint density at radius 3 is 2.70 bits per heavy atom. The summed E-state index contributed by atoms with van der Waals surface area (Å²) in [6.45, 7) is 0.824. The fourth-order valence-corrected chi connectivity index (χ4v) is 4.85. The number of hydrogen-bond acceptors (Lipinski definition) is 6. The lowest BCUT2D eigenvalue weighted by molar-refractivity contribution is 0.414. The van der Waals surface area contributed by atoms with E-state index in [-0.39, 0.29) is 5.82 Å². The summed E-state index contributed by atoms with van der Waals surface area (Å²) in [5, 5.41) is 4.23. The molecule has 0 aliphatic carbocycles. The predicted octanol–water partition coefficient (Wildman–Crippen LogP) is 6.04. The number of benzene rings is 3. The van der Waals surface area contributed by atoms with Gasteiger partial charge in [-0.15, -0.1) is 11.3 Å². The molecule has 0 bridgehead atoms. The maximum absolute atomic E-state index is 13.4. The molecule has 3 aromatic carbocycles. The first-order chi connectivity index (χ1) is 14.6. The molecule has 4 aromatic rings. The largest absolute Gasteiger partial charge is 0.497 e. The van der Waals surface area contributed by atoms with Crippen molar-refractivity contribution in [2.24, 2.45) is 0 Å². The van der Waals surface area contributed by atoms with Crippen LogP contribution in [0.2, 0.25) is 0 Å². The smallest absolute Gasteiger partial charge is 0.124 e. The van der Waals surface area contributed by atoms with Crippen LogP contribution in [0.25, 0.3) is 20.8 Å². The lowest BCUT2D eigenvalue weighted by atomic mass is 10.2. The first kappa shape index (κ1) is 20.5. The monoisotopic (exact) mass is 439 g/mol. The number of methoxy groups -OCH3 is 1. The molecule has 7 heteroatoms. The van der Waals surface area contributed by atoms with Crippen molar-refractivity contribution < 1.29 is 9.13 Å². The molecular formula is C23H22FN3OS2. The third kappa shape index (κ3) is 4.86. The van der Waals surface area contributed by atoms with Crippen molar-refractivity contribution in [1.82, 2.24) is 4.98 Å². The van der Waals surface area contributed by atoms with Crippen molar-refractivity contribution in [1.29, 1.82) is 0 Å². The lowest BCUT2D eigenvalue weighted by Crippen LogP contribution is -2.06. The van der Waals surface area contributed by atoms with E-state index in [1.807, 2.05) is 42.1 Å². The Hall–Kier alpha value is -2.77. The van der Waals surface area contributed by atoms with Crippen LogP contribution >= 0.6 is 23.1 Å². The molecule has 1 aromatic heterocycles. The second-order valence-electron chi connectivity index (χ2n) is 6.76. The molecule has 4 rings (SSSR count). The van der Waals surface area contributed by atoms with Gasteiger partial charge >= 0.3 is 0 Å². The van der Waals surface area contributed by atoms with Crippen molar-refractivity contribution in [2.75, 3.05) is 30.5 Å². The Labute approximate surface area is 183 Å². The molecule has 154 valence electrons. The zero-order chi connectivity index (χ0) is 20.9. The molecule has 30 heavy (non-hydrogen) atoms. The highest BCUT2D eigenvalue weighted by Gasteiger charge is 2.09. The molecular weight excluding hydrogens is 417 g/mol. The van der Waals surface area contributed by atoms with Crippen LogP contribution in [-0.4, -0.2) is 24.4 Å². The van der Waals surface area contributed by atoms with E-state index >= 15 is 0 Å². The van der Waals surface area contributed by atoms with Gasteiger partial charge in [-0.2, -0.15) is 11.8 Å². The van der Waals surface area contributed by atoms with E-state index in [4.69, 9.17) is 10.5 Å². The summed E-state index contributed by atoms with van der Waals surface area (Å²) in [5.41, 5.74) is 10.9. The average molecular weight is 440 g/mol. The Bertz CT molecular complexity index is 1150. The van der Waals surface area contributed by atoms with Crippen LogP contribution in [0.3, 0.4) is 0 Å². The Kier molecular flexibility index (Phi) is 6.40. The third-order valence-corrected chi connectivity index (χ3v) is 6.74. The number of fused-ring (bicyclic) bond motifs is 1. The summed E-state index contributed by atoms with van der Waals surface area (Å²) in [7, 11) is 1.67. The van der Waals surface area contributed by atoms with Gasteiger partial charge in [-0.3, -0.25) is 0 Å². The van der Waals surface area contributed by atoms with E-state index in [9.17, 15) is 4.39 Å². The van der Waals surface area contributed by atoms with Crippen molar-refractivity contribution in [3.05, 3.63) is 72.0 Å². The summed E-state index contributed by atoms with van der Waals surface area (Å²) in [6, 6.07) is 18.7.